The van der Waals surface area contributed by atoms with Gasteiger partial charge in [0.15, 0.2) is 0 Å². The Morgan fingerprint density at radius 2 is 1.76 bits per heavy atom. The number of halogens is 1. The molecule has 5 nitrogen and oxygen atoms in total. The van der Waals surface area contributed by atoms with Crippen LogP contribution in [-0.4, -0.2) is 20.9 Å². The maximum Gasteiger partial charge on any atom is 0.261 e. The number of hydrogen-bond acceptors (Lipinski definition) is 3. The van der Waals surface area contributed by atoms with Gasteiger partial charge in [0.05, 0.1) is 15.6 Å². The zero-order chi connectivity index (χ0) is 18.6. The second kappa shape index (κ2) is 7.89. The monoisotopic (exact) mass is 380 g/mol. The van der Waals surface area contributed by atoms with Gasteiger partial charge in [-0.15, -0.1) is 0 Å². The number of hydrogen-bond donors (Lipinski definition) is 2. The molecule has 0 aliphatic carbocycles. The van der Waals surface area contributed by atoms with Crippen LogP contribution in [0.3, 0.4) is 0 Å². The fourth-order valence-corrected chi connectivity index (χ4v) is 3.94. The predicted octanol–water partition coefficient (Wildman–Crippen LogP) is 3.90. The molecule has 7 heteroatoms. The van der Waals surface area contributed by atoms with E-state index in [9.17, 15) is 13.2 Å². The van der Waals surface area contributed by atoms with Gasteiger partial charge >= 0.3 is 0 Å². The fraction of sp³-hybridized carbons (Fsp3) is 0.278. The third-order valence-corrected chi connectivity index (χ3v) is 5.29. The normalized spacial score (nSPS) is 11.2. The first kappa shape index (κ1) is 19.3. The minimum absolute atomic E-state index is 0.0654. The number of nitrogens with one attached hydrogen (secondary N) is 2. The SMILES string of the molecule is CCCNC(=O)c1ccc(S(=O)(=O)Nc2c(C)cc(C)cc2Cl)cc1. The van der Waals surface area contributed by atoms with E-state index in [1.807, 2.05) is 19.9 Å². The summed E-state index contributed by atoms with van der Waals surface area (Å²) in [5, 5.41) is 3.09. The van der Waals surface area contributed by atoms with E-state index < -0.39 is 10.0 Å². The highest BCUT2D eigenvalue weighted by Crippen LogP contribution is 2.29. The first-order valence-electron chi connectivity index (χ1n) is 7.92. The Kier molecular flexibility index (Phi) is 6.08. The van der Waals surface area contributed by atoms with Gasteiger partial charge < -0.3 is 5.32 Å². The number of aryl methyl sites for hydroxylation is 2. The Morgan fingerprint density at radius 1 is 1.12 bits per heavy atom. The number of carbonyl (C=O) groups is 1. The van der Waals surface area contributed by atoms with Crippen LogP contribution in [0.25, 0.3) is 0 Å². The molecule has 0 aliphatic heterocycles. The second-order valence-electron chi connectivity index (χ2n) is 5.82. The van der Waals surface area contributed by atoms with Crippen LogP contribution in [0.1, 0.15) is 34.8 Å². The van der Waals surface area contributed by atoms with Crippen LogP contribution in [0.15, 0.2) is 41.3 Å². The first-order chi connectivity index (χ1) is 11.7. The van der Waals surface area contributed by atoms with E-state index in [1.54, 1.807) is 13.0 Å². The second-order valence-corrected chi connectivity index (χ2v) is 7.91. The van der Waals surface area contributed by atoms with Crippen molar-refractivity contribution in [1.82, 2.24) is 5.32 Å². The van der Waals surface area contributed by atoms with Crippen LogP contribution in [0.2, 0.25) is 5.02 Å². The van der Waals surface area contributed by atoms with Crippen LogP contribution in [0.4, 0.5) is 5.69 Å². The van der Waals surface area contributed by atoms with Gasteiger partial charge in [-0.1, -0.05) is 24.6 Å². The summed E-state index contributed by atoms with van der Waals surface area (Å²) in [4.78, 5) is 11.9. The van der Waals surface area contributed by atoms with Crippen molar-refractivity contribution >= 4 is 33.2 Å². The lowest BCUT2D eigenvalue weighted by Crippen LogP contribution is -2.24. The van der Waals surface area contributed by atoms with Crippen molar-refractivity contribution in [2.75, 3.05) is 11.3 Å². The molecule has 0 spiro atoms. The Balaban J connectivity index is 2.24. The maximum atomic E-state index is 12.6. The number of rotatable bonds is 6. The molecule has 2 N–H and O–H groups in total. The van der Waals surface area contributed by atoms with Gasteiger partial charge in [0.1, 0.15) is 0 Å². The zero-order valence-corrected chi connectivity index (χ0v) is 16.0. The van der Waals surface area contributed by atoms with Gasteiger partial charge in [-0.2, -0.15) is 0 Å². The lowest BCUT2D eigenvalue weighted by atomic mass is 10.1. The number of sulfonamides is 1. The van der Waals surface area contributed by atoms with Crippen molar-refractivity contribution in [1.29, 1.82) is 0 Å². The average Bonchev–Trinajstić information content (AvgIpc) is 2.56. The standard InChI is InChI=1S/C18H21ClN2O3S/c1-4-9-20-18(22)14-5-7-15(8-6-14)25(23,24)21-17-13(3)10-12(2)11-16(17)19/h5-8,10-11,21H,4,9H2,1-3H3,(H,20,22). The summed E-state index contributed by atoms with van der Waals surface area (Å²) in [6.45, 7) is 6.21. The lowest BCUT2D eigenvalue weighted by molar-refractivity contribution is 0.0953. The molecule has 2 rings (SSSR count). The molecule has 0 bridgehead atoms. The van der Waals surface area contributed by atoms with Crippen molar-refractivity contribution < 1.29 is 13.2 Å². The molecule has 0 saturated heterocycles. The van der Waals surface area contributed by atoms with E-state index in [-0.39, 0.29) is 10.8 Å². The molecule has 0 atom stereocenters. The Labute approximate surface area is 153 Å². The molecule has 0 heterocycles. The summed E-state index contributed by atoms with van der Waals surface area (Å²) >= 11 is 6.16. The van der Waals surface area contributed by atoms with Crippen molar-refractivity contribution in [3.05, 3.63) is 58.1 Å². The highest BCUT2D eigenvalue weighted by Gasteiger charge is 2.18. The molecule has 2 aromatic rings. The Morgan fingerprint density at radius 3 is 2.32 bits per heavy atom. The van der Waals surface area contributed by atoms with Crippen molar-refractivity contribution in [2.24, 2.45) is 0 Å². The van der Waals surface area contributed by atoms with E-state index in [1.165, 1.54) is 24.3 Å². The van der Waals surface area contributed by atoms with E-state index in [0.717, 1.165) is 17.5 Å². The lowest BCUT2D eigenvalue weighted by Gasteiger charge is -2.13. The number of benzene rings is 2. The van der Waals surface area contributed by atoms with Crippen LogP contribution in [-0.2, 0) is 10.0 Å². The topological polar surface area (TPSA) is 75.3 Å². The quantitative estimate of drug-likeness (QED) is 0.798. The third kappa shape index (κ3) is 4.74. The minimum Gasteiger partial charge on any atom is -0.352 e. The molecule has 0 saturated carbocycles. The molecule has 0 fully saturated rings. The summed E-state index contributed by atoms with van der Waals surface area (Å²) in [5.74, 6) is -0.226. The minimum atomic E-state index is -3.80. The van der Waals surface area contributed by atoms with Gasteiger partial charge in [-0.3, -0.25) is 9.52 Å². The van der Waals surface area contributed by atoms with E-state index in [2.05, 4.69) is 10.0 Å². The number of anilines is 1. The highest BCUT2D eigenvalue weighted by atomic mass is 35.5. The molecule has 0 radical (unpaired) electrons. The van der Waals surface area contributed by atoms with E-state index in [0.29, 0.717) is 22.8 Å². The molecule has 0 aliphatic rings. The fourth-order valence-electron chi connectivity index (χ4n) is 2.36. The molecular weight excluding hydrogens is 360 g/mol. The summed E-state index contributed by atoms with van der Waals surface area (Å²) in [7, 11) is -3.80. The van der Waals surface area contributed by atoms with Crippen molar-refractivity contribution in [2.45, 2.75) is 32.1 Å². The van der Waals surface area contributed by atoms with Gasteiger partial charge in [0, 0.05) is 12.1 Å². The Bertz CT molecular complexity index is 855. The molecule has 0 unspecified atom stereocenters. The highest BCUT2D eigenvalue weighted by molar-refractivity contribution is 7.92. The maximum absolute atomic E-state index is 12.6. The van der Waals surface area contributed by atoms with E-state index >= 15 is 0 Å². The summed E-state index contributed by atoms with van der Waals surface area (Å²) in [6, 6.07) is 9.34. The molecule has 25 heavy (non-hydrogen) atoms. The smallest absolute Gasteiger partial charge is 0.261 e. The van der Waals surface area contributed by atoms with Gasteiger partial charge in [-0.25, -0.2) is 8.42 Å². The van der Waals surface area contributed by atoms with Gasteiger partial charge in [0.2, 0.25) is 0 Å². The molecule has 134 valence electrons. The van der Waals surface area contributed by atoms with Crippen molar-refractivity contribution in [3.8, 4) is 0 Å². The van der Waals surface area contributed by atoms with Crippen LogP contribution < -0.4 is 10.0 Å². The summed E-state index contributed by atoms with van der Waals surface area (Å²) in [5.41, 5.74) is 2.46. The molecule has 1 amide bonds. The van der Waals surface area contributed by atoms with Crippen LogP contribution in [0, 0.1) is 13.8 Å². The molecular formula is C18H21ClN2O3S. The number of carbonyl (C=O) groups excluding carboxylic acids is 1. The van der Waals surface area contributed by atoms with Crippen LogP contribution in [0.5, 0.6) is 0 Å². The average molecular weight is 381 g/mol. The van der Waals surface area contributed by atoms with Gasteiger partial charge in [-0.05, 0) is 61.7 Å². The largest absolute Gasteiger partial charge is 0.352 e. The molecule has 0 aromatic heterocycles. The zero-order valence-electron chi connectivity index (χ0n) is 14.4. The third-order valence-electron chi connectivity index (χ3n) is 3.63. The summed E-state index contributed by atoms with van der Waals surface area (Å²) in [6.07, 6.45) is 0.832. The predicted molar refractivity (Wildman–Crippen MR) is 101 cm³/mol. The Hall–Kier alpha value is -2.05. The van der Waals surface area contributed by atoms with Crippen LogP contribution >= 0.6 is 11.6 Å². The van der Waals surface area contributed by atoms with Gasteiger partial charge in [0.25, 0.3) is 15.9 Å². The van der Waals surface area contributed by atoms with E-state index in [4.69, 9.17) is 11.6 Å². The van der Waals surface area contributed by atoms with Crippen molar-refractivity contribution in [3.63, 3.8) is 0 Å². The molecule has 2 aromatic carbocycles. The summed E-state index contributed by atoms with van der Waals surface area (Å²) < 4.78 is 27.7. The first-order valence-corrected chi connectivity index (χ1v) is 9.78. The number of amides is 1.